The van der Waals surface area contributed by atoms with E-state index in [2.05, 4.69) is 0 Å². The lowest BCUT2D eigenvalue weighted by Gasteiger charge is -2.30. The number of nitrogens with zero attached hydrogens (tertiary/aromatic N) is 3. The molecule has 1 aromatic heterocycles. The second-order valence-corrected chi connectivity index (χ2v) is 7.48. The lowest BCUT2D eigenvalue weighted by molar-refractivity contribution is -0.136. The Morgan fingerprint density at radius 3 is 2.23 bits per heavy atom. The topological polar surface area (TPSA) is 64.4 Å². The van der Waals surface area contributed by atoms with E-state index < -0.39 is 0 Å². The van der Waals surface area contributed by atoms with Crippen LogP contribution in [-0.2, 0) is 22.5 Å². The highest BCUT2D eigenvalue weighted by Crippen LogP contribution is 2.27. The first-order chi connectivity index (χ1) is 14.6. The Labute approximate surface area is 175 Å². The maximum Gasteiger partial charge on any atom is 0.257 e. The smallest absolute Gasteiger partial charge is 0.257 e. The lowest BCUT2D eigenvalue weighted by Crippen LogP contribution is -2.43. The Kier molecular flexibility index (Phi) is 5.77. The van der Waals surface area contributed by atoms with Crippen molar-refractivity contribution < 1.29 is 9.53 Å². The zero-order valence-corrected chi connectivity index (χ0v) is 17.2. The number of hydrogen-bond donors (Lipinski definition) is 0. The molecule has 0 saturated carbocycles. The summed E-state index contributed by atoms with van der Waals surface area (Å²) in [4.78, 5) is 32.3. The van der Waals surface area contributed by atoms with Crippen LogP contribution in [0.15, 0.2) is 65.5 Å². The second kappa shape index (κ2) is 8.63. The van der Waals surface area contributed by atoms with Gasteiger partial charge in [0.15, 0.2) is 0 Å². The average molecular weight is 403 g/mol. The molecular formula is C24H25N3O3. The molecule has 1 aliphatic rings. The van der Waals surface area contributed by atoms with Crippen LogP contribution in [0.3, 0.4) is 0 Å². The molecule has 0 atom stereocenters. The molecule has 0 radical (unpaired) electrons. The van der Waals surface area contributed by atoms with Crippen molar-refractivity contribution in [3.8, 4) is 0 Å². The molecule has 2 aromatic carbocycles. The first-order valence-corrected chi connectivity index (χ1v) is 10.1. The van der Waals surface area contributed by atoms with E-state index in [-0.39, 0.29) is 24.1 Å². The second-order valence-electron chi connectivity index (χ2n) is 7.48. The van der Waals surface area contributed by atoms with Gasteiger partial charge in [0.1, 0.15) is 12.4 Å². The molecule has 4 rings (SSSR count). The van der Waals surface area contributed by atoms with Crippen molar-refractivity contribution in [2.45, 2.75) is 25.9 Å². The monoisotopic (exact) mass is 403 g/mol. The first kappa shape index (κ1) is 20.0. The molecule has 3 aromatic rings. The maximum absolute atomic E-state index is 13.6. The fourth-order valence-electron chi connectivity index (χ4n) is 4.11. The van der Waals surface area contributed by atoms with Crippen molar-refractivity contribution in [2.24, 2.45) is 0 Å². The van der Waals surface area contributed by atoms with Crippen molar-refractivity contribution in [3.05, 3.63) is 99.2 Å². The number of ether oxygens (including phenoxy) is 1. The van der Waals surface area contributed by atoms with E-state index in [9.17, 15) is 9.59 Å². The van der Waals surface area contributed by atoms with Crippen molar-refractivity contribution in [3.63, 3.8) is 0 Å². The number of carbonyl (C=O) groups excluding carboxylic acids is 1. The first-order valence-electron chi connectivity index (χ1n) is 10.1. The van der Waals surface area contributed by atoms with Crippen LogP contribution >= 0.6 is 0 Å². The summed E-state index contributed by atoms with van der Waals surface area (Å²) in [6.07, 6.45) is 0.493. The number of aromatic nitrogens is 2. The molecule has 1 amide bonds. The van der Waals surface area contributed by atoms with Crippen LogP contribution in [0.4, 0.5) is 0 Å². The van der Waals surface area contributed by atoms with Gasteiger partial charge in [-0.15, -0.1) is 0 Å². The Bertz CT molecular complexity index is 1050. The number of methoxy groups -OCH3 is 1. The van der Waals surface area contributed by atoms with Gasteiger partial charge in [-0.1, -0.05) is 60.7 Å². The SMILES string of the molecule is COCC(=O)N1CCc2c(nc(C)n(C(c3ccccc3)c3ccccc3)c2=O)C1. The summed E-state index contributed by atoms with van der Waals surface area (Å²) in [5.74, 6) is 0.552. The Morgan fingerprint density at radius 1 is 1.07 bits per heavy atom. The average Bonchev–Trinajstić information content (AvgIpc) is 2.77. The highest BCUT2D eigenvalue weighted by molar-refractivity contribution is 5.77. The number of fused-ring (bicyclic) bond motifs is 1. The third kappa shape index (κ3) is 3.78. The molecule has 0 fully saturated rings. The van der Waals surface area contributed by atoms with Gasteiger partial charge in [0.25, 0.3) is 5.56 Å². The maximum atomic E-state index is 13.6. The molecule has 0 unspecified atom stereocenters. The third-order valence-electron chi connectivity index (χ3n) is 5.55. The van der Waals surface area contributed by atoms with Gasteiger partial charge < -0.3 is 9.64 Å². The van der Waals surface area contributed by atoms with E-state index in [1.54, 1.807) is 9.47 Å². The minimum absolute atomic E-state index is 0.0333. The Morgan fingerprint density at radius 2 is 1.67 bits per heavy atom. The summed E-state index contributed by atoms with van der Waals surface area (Å²) in [5.41, 5.74) is 3.41. The van der Waals surface area contributed by atoms with E-state index in [1.165, 1.54) is 7.11 Å². The van der Waals surface area contributed by atoms with Gasteiger partial charge in [0.2, 0.25) is 5.91 Å². The minimum Gasteiger partial charge on any atom is -0.375 e. The molecular weight excluding hydrogens is 378 g/mol. The predicted molar refractivity (Wildman–Crippen MR) is 114 cm³/mol. The molecule has 2 heterocycles. The molecule has 0 aliphatic carbocycles. The van der Waals surface area contributed by atoms with Gasteiger partial charge in [0, 0.05) is 19.2 Å². The van der Waals surface area contributed by atoms with E-state index in [0.29, 0.717) is 36.6 Å². The summed E-state index contributed by atoms with van der Waals surface area (Å²) in [6.45, 7) is 2.73. The number of aryl methyl sites for hydroxylation is 1. The lowest BCUT2D eigenvalue weighted by atomic mass is 9.97. The highest BCUT2D eigenvalue weighted by Gasteiger charge is 2.28. The summed E-state index contributed by atoms with van der Waals surface area (Å²) >= 11 is 0. The quantitative estimate of drug-likeness (QED) is 0.657. The van der Waals surface area contributed by atoms with Gasteiger partial charge in [-0.05, 0) is 24.5 Å². The third-order valence-corrected chi connectivity index (χ3v) is 5.55. The zero-order chi connectivity index (χ0) is 21.1. The van der Waals surface area contributed by atoms with E-state index in [4.69, 9.17) is 9.72 Å². The number of rotatable bonds is 5. The van der Waals surface area contributed by atoms with Gasteiger partial charge in [-0.2, -0.15) is 0 Å². The van der Waals surface area contributed by atoms with Gasteiger partial charge >= 0.3 is 0 Å². The fraction of sp³-hybridized carbons (Fsp3) is 0.292. The molecule has 6 nitrogen and oxygen atoms in total. The fourth-order valence-corrected chi connectivity index (χ4v) is 4.11. The normalized spacial score (nSPS) is 13.4. The largest absolute Gasteiger partial charge is 0.375 e. The summed E-state index contributed by atoms with van der Waals surface area (Å²) in [7, 11) is 1.50. The van der Waals surface area contributed by atoms with Crippen molar-refractivity contribution in [1.82, 2.24) is 14.5 Å². The van der Waals surface area contributed by atoms with Gasteiger partial charge in [0.05, 0.1) is 18.3 Å². The molecule has 154 valence electrons. The van der Waals surface area contributed by atoms with Crippen molar-refractivity contribution >= 4 is 5.91 Å². The van der Waals surface area contributed by atoms with E-state index in [0.717, 1.165) is 11.1 Å². The molecule has 30 heavy (non-hydrogen) atoms. The Hall–Kier alpha value is -3.25. The van der Waals surface area contributed by atoms with Crippen LogP contribution in [0.5, 0.6) is 0 Å². The summed E-state index contributed by atoms with van der Waals surface area (Å²) in [5, 5.41) is 0. The molecule has 6 heteroatoms. The number of benzene rings is 2. The van der Waals surface area contributed by atoms with Gasteiger partial charge in [-0.3, -0.25) is 14.2 Å². The number of hydrogen-bond acceptors (Lipinski definition) is 4. The molecule has 0 spiro atoms. The predicted octanol–water partition coefficient (Wildman–Crippen LogP) is 2.72. The van der Waals surface area contributed by atoms with Crippen LogP contribution in [0, 0.1) is 6.92 Å². The summed E-state index contributed by atoms with van der Waals surface area (Å²) < 4.78 is 6.75. The zero-order valence-electron chi connectivity index (χ0n) is 17.2. The van der Waals surface area contributed by atoms with Crippen LogP contribution in [0.25, 0.3) is 0 Å². The van der Waals surface area contributed by atoms with Crippen molar-refractivity contribution in [2.75, 3.05) is 20.3 Å². The van der Waals surface area contributed by atoms with Crippen LogP contribution in [-0.4, -0.2) is 40.6 Å². The molecule has 0 bridgehead atoms. The van der Waals surface area contributed by atoms with Crippen LogP contribution < -0.4 is 5.56 Å². The summed E-state index contributed by atoms with van der Waals surface area (Å²) in [6, 6.07) is 19.8. The molecule has 0 N–H and O–H groups in total. The minimum atomic E-state index is -0.258. The molecule has 1 aliphatic heterocycles. The van der Waals surface area contributed by atoms with Crippen molar-refractivity contribution in [1.29, 1.82) is 0 Å². The van der Waals surface area contributed by atoms with Crippen LogP contribution in [0.2, 0.25) is 0 Å². The van der Waals surface area contributed by atoms with Crippen LogP contribution in [0.1, 0.15) is 34.3 Å². The number of carbonyl (C=O) groups is 1. The van der Waals surface area contributed by atoms with E-state index >= 15 is 0 Å². The van der Waals surface area contributed by atoms with E-state index in [1.807, 2.05) is 67.6 Å². The standard InChI is InChI=1S/C24H25N3O3/c1-17-25-21-15-26(22(28)16-30-2)14-13-20(21)24(29)27(17)23(18-9-5-3-6-10-18)19-11-7-4-8-12-19/h3-12,23H,13-16H2,1-2H3. The highest BCUT2D eigenvalue weighted by atomic mass is 16.5. The number of amides is 1. The Balaban J connectivity index is 1.81. The molecule has 0 saturated heterocycles. The van der Waals surface area contributed by atoms with Gasteiger partial charge in [-0.25, -0.2) is 4.98 Å².